The van der Waals surface area contributed by atoms with Crippen molar-refractivity contribution in [2.45, 2.75) is 0 Å². The van der Waals surface area contributed by atoms with E-state index in [1.54, 1.807) is 5.38 Å². The molecule has 0 aliphatic carbocycles. The van der Waals surface area contributed by atoms with E-state index in [0.29, 0.717) is 11.1 Å². The van der Waals surface area contributed by atoms with Crippen LogP contribution in [0.2, 0.25) is 0 Å². The van der Waals surface area contributed by atoms with E-state index in [-0.39, 0.29) is 10.6 Å². The van der Waals surface area contributed by atoms with E-state index in [0.717, 1.165) is 23.5 Å². The van der Waals surface area contributed by atoms with Gasteiger partial charge in [0.2, 0.25) is 0 Å². The first-order valence-electron chi connectivity index (χ1n) is 4.63. The molecule has 1 aromatic heterocycles. The summed E-state index contributed by atoms with van der Waals surface area (Å²) in [6, 6.07) is 3.36. The van der Waals surface area contributed by atoms with Crippen LogP contribution in [0, 0.1) is 11.6 Å². The average molecular weight is 254 g/mol. The number of hydrogen-bond acceptors (Lipinski definition) is 3. The Hall–Kier alpha value is -1.95. The highest BCUT2D eigenvalue weighted by Crippen LogP contribution is 2.33. The van der Waals surface area contributed by atoms with Gasteiger partial charge >= 0.3 is 0 Å². The summed E-state index contributed by atoms with van der Waals surface area (Å²) in [7, 11) is 0. The van der Waals surface area contributed by atoms with Gasteiger partial charge in [-0.1, -0.05) is 6.07 Å². The Labute approximate surface area is 99.7 Å². The minimum absolute atomic E-state index is 0.140. The molecule has 0 saturated heterocycles. The molecular formula is C11H8F2N2OS. The summed E-state index contributed by atoms with van der Waals surface area (Å²) in [6.45, 7) is 0. The molecule has 1 heterocycles. The van der Waals surface area contributed by atoms with Crippen LogP contribution in [0.15, 0.2) is 23.6 Å². The molecule has 0 saturated carbocycles. The number of carbonyl (C=O) groups excluding carboxylic acids is 1. The molecule has 0 fully saturated rings. The van der Waals surface area contributed by atoms with Gasteiger partial charge in [-0.15, -0.1) is 11.3 Å². The highest BCUT2D eigenvalue weighted by molar-refractivity contribution is 7.15. The van der Waals surface area contributed by atoms with Gasteiger partial charge in [0.15, 0.2) is 11.6 Å². The van der Waals surface area contributed by atoms with Gasteiger partial charge in [0.05, 0.1) is 10.6 Å². The second-order valence-corrected chi connectivity index (χ2v) is 4.29. The van der Waals surface area contributed by atoms with Gasteiger partial charge in [-0.25, -0.2) is 8.78 Å². The van der Waals surface area contributed by atoms with Crippen LogP contribution in [0.25, 0.3) is 11.1 Å². The van der Waals surface area contributed by atoms with E-state index < -0.39 is 17.5 Å². The van der Waals surface area contributed by atoms with Crippen LogP contribution in [0.4, 0.5) is 13.8 Å². The third kappa shape index (κ3) is 1.99. The Kier molecular flexibility index (Phi) is 2.81. The second kappa shape index (κ2) is 4.14. The first-order valence-corrected chi connectivity index (χ1v) is 5.51. The zero-order valence-electron chi connectivity index (χ0n) is 8.54. The first kappa shape index (κ1) is 11.5. The maximum absolute atomic E-state index is 13.1. The fourth-order valence-corrected chi connectivity index (χ4v) is 2.33. The molecule has 0 atom stereocenters. The van der Waals surface area contributed by atoms with Crippen molar-refractivity contribution >= 4 is 22.2 Å². The highest BCUT2D eigenvalue weighted by atomic mass is 32.1. The lowest BCUT2D eigenvalue weighted by Gasteiger charge is -2.03. The summed E-state index contributed by atoms with van der Waals surface area (Å²) in [5.41, 5.74) is 11.7. The first-order chi connectivity index (χ1) is 8.00. The minimum atomic E-state index is -0.984. The monoisotopic (exact) mass is 254 g/mol. The van der Waals surface area contributed by atoms with Crippen LogP contribution in [0.1, 0.15) is 10.4 Å². The van der Waals surface area contributed by atoms with Crippen molar-refractivity contribution in [2.24, 2.45) is 5.73 Å². The van der Waals surface area contributed by atoms with Crippen molar-refractivity contribution in [1.82, 2.24) is 0 Å². The second-order valence-electron chi connectivity index (χ2n) is 3.38. The van der Waals surface area contributed by atoms with Gasteiger partial charge < -0.3 is 11.5 Å². The molecule has 4 N–H and O–H groups in total. The summed E-state index contributed by atoms with van der Waals surface area (Å²) in [4.78, 5) is 11.2. The SMILES string of the molecule is NC(=O)c1c(-c2ccc(F)c(F)c2)csc1N. The number of benzene rings is 1. The van der Waals surface area contributed by atoms with Crippen LogP contribution in [-0.2, 0) is 0 Å². The van der Waals surface area contributed by atoms with E-state index in [2.05, 4.69) is 0 Å². The van der Waals surface area contributed by atoms with E-state index >= 15 is 0 Å². The number of primary amides is 1. The molecular weight excluding hydrogens is 246 g/mol. The largest absolute Gasteiger partial charge is 0.390 e. The van der Waals surface area contributed by atoms with Crippen LogP contribution < -0.4 is 11.5 Å². The summed E-state index contributed by atoms with van der Waals surface area (Å²) < 4.78 is 25.9. The molecule has 0 radical (unpaired) electrons. The maximum Gasteiger partial charge on any atom is 0.252 e. The topological polar surface area (TPSA) is 69.1 Å². The molecule has 3 nitrogen and oxygen atoms in total. The van der Waals surface area contributed by atoms with Gasteiger partial charge in [-0.05, 0) is 17.7 Å². The molecule has 0 aliphatic rings. The molecule has 88 valence electrons. The molecule has 0 aliphatic heterocycles. The van der Waals surface area contributed by atoms with Crippen LogP contribution in [-0.4, -0.2) is 5.91 Å². The molecule has 1 amide bonds. The van der Waals surface area contributed by atoms with Crippen molar-refractivity contribution in [3.05, 3.63) is 40.8 Å². The maximum atomic E-state index is 13.1. The number of rotatable bonds is 2. The zero-order chi connectivity index (χ0) is 12.6. The molecule has 0 bridgehead atoms. The Morgan fingerprint density at radius 2 is 1.94 bits per heavy atom. The van der Waals surface area contributed by atoms with E-state index in [4.69, 9.17) is 11.5 Å². The normalized spacial score (nSPS) is 10.5. The third-order valence-corrected chi connectivity index (χ3v) is 3.11. The van der Waals surface area contributed by atoms with Crippen LogP contribution >= 0.6 is 11.3 Å². The number of thiophene rings is 1. The van der Waals surface area contributed by atoms with Crippen LogP contribution in [0.3, 0.4) is 0 Å². The van der Waals surface area contributed by atoms with Crippen molar-refractivity contribution in [2.75, 3.05) is 5.73 Å². The number of amides is 1. The Bertz CT molecular complexity index is 595. The van der Waals surface area contributed by atoms with Crippen molar-refractivity contribution in [3.63, 3.8) is 0 Å². The smallest absolute Gasteiger partial charge is 0.252 e. The molecule has 2 rings (SSSR count). The highest BCUT2D eigenvalue weighted by Gasteiger charge is 2.17. The molecule has 2 aromatic rings. The lowest BCUT2D eigenvalue weighted by atomic mass is 10.0. The molecule has 6 heteroatoms. The molecule has 17 heavy (non-hydrogen) atoms. The Balaban J connectivity index is 2.60. The average Bonchev–Trinajstić information content (AvgIpc) is 2.64. The van der Waals surface area contributed by atoms with Gasteiger partial charge in [0.1, 0.15) is 0 Å². The summed E-state index contributed by atoms with van der Waals surface area (Å²) >= 11 is 1.12. The van der Waals surface area contributed by atoms with Gasteiger partial charge in [-0.3, -0.25) is 4.79 Å². The number of anilines is 1. The number of halogens is 2. The summed E-state index contributed by atoms with van der Waals surface area (Å²) in [5.74, 6) is -2.62. The number of carbonyl (C=O) groups is 1. The lowest BCUT2D eigenvalue weighted by molar-refractivity contribution is 0.100. The number of nitrogens with two attached hydrogens (primary N) is 2. The quantitative estimate of drug-likeness (QED) is 0.863. The summed E-state index contributed by atoms with van der Waals surface area (Å²) in [5, 5.41) is 1.85. The number of nitrogen functional groups attached to an aromatic ring is 1. The van der Waals surface area contributed by atoms with Crippen molar-refractivity contribution in [3.8, 4) is 11.1 Å². The van der Waals surface area contributed by atoms with E-state index in [1.807, 2.05) is 0 Å². The molecule has 0 unspecified atom stereocenters. The summed E-state index contributed by atoms with van der Waals surface area (Å²) in [6.07, 6.45) is 0. The predicted octanol–water partition coefficient (Wildman–Crippen LogP) is 2.37. The van der Waals surface area contributed by atoms with Crippen LogP contribution in [0.5, 0.6) is 0 Å². The predicted molar refractivity (Wildman–Crippen MR) is 62.6 cm³/mol. The van der Waals surface area contributed by atoms with Gasteiger partial charge in [-0.2, -0.15) is 0 Å². The Morgan fingerprint density at radius 1 is 1.24 bits per heavy atom. The number of hydrogen-bond donors (Lipinski definition) is 2. The minimum Gasteiger partial charge on any atom is -0.390 e. The fraction of sp³-hybridized carbons (Fsp3) is 0. The molecule has 0 spiro atoms. The standard InChI is InChI=1S/C11H8F2N2OS/c12-7-2-1-5(3-8(7)13)6-4-17-11(15)9(6)10(14)16/h1-4H,15H2,(H2,14,16). The van der Waals surface area contributed by atoms with Gasteiger partial charge in [0.25, 0.3) is 5.91 Å². The van der Waals surface area contributed by atoms with E-state index in [1.165, 1.54) is 6.07 Å². The van der Waals surface area contributed by atoms with E-state index in [9.17, 15) is 13.6 Å². The van der Waals surface area contributed by atoms with Crippen molar-refractivity contribution < 1.29 is 13.6 Å². The Morgan fingerprint density at radius 3 is 2.53 bits per heavy atom. The van der Waals surface area contributed by atoms with Gasteiger partial charge in [0, 0.05) is 10.9 Å². The molecule has 1 aromatic carbocycles. The van der Waals surface area contributed by atoms with Crippen molar-refractivity contribution in [1.29, 1.82) is 0 Å². The zero-order valence-corrected chi connectivity index (χ0v) is 9.35. The fourth-order valence-electron chi connectivity index (χ4n) is 1.50. The third-order valence-electron chi connectivity index (χ3n) is 2.30. The lowest BCUT2D eigenvalue weighted by Crippen LogP contribution is -2.12.